The van der Waals surface area contributed by atoms with Crippen molar-refractivity contribution in [3.8, 4) is 6.07 Å². The van der Waals surface area contributed by atoms with Crippen LogP contribution in [0.4, 0.5) is 0 Å². The number of halogens is 1. The Kier molecular flexibility index (Phi) is 4.51. The van der Waals surface area contributed by atoms with Crippen LogP contribution >= 0.6 is 15.9 Å². The molecule has 1 amide bonds. The van der Waals surface area contributed by atoms with Crippen molar-refractivity contribution in [1.29, 1.82) is 5.26 Å². The highest BCUT2D eigenvalue weighted by atomic mass is 79.9. The highest BCUT2D eigenvalue weighted by molar-refractivity contribution is 9.10. The monoisotopic (exact) mass is 265 g/mol. The van der Waals surface area contributed by atoms with Crippen LogP contribution in [0.2, 0.25) is 0 Å². The quantitative estimate of drug-likeness (QED) is 0.669. The molecule has 0 saturated heterocycles. The van der Waals surface area contributed by atoms with Crippen LogP contribution in [-0.2, 0) is 4.79 Å². The summed E-state index contributed by atoms with van der Waals surface area (Å²) in [7, 11) is 0. The van der Waals surface area contributed by atoms with E-state index in [-0.39, 0.29) is 6.42 Å². The minimum atomic E-state index is -0.413. The fourth-order valence-corrected chi connectivity index (χ4v) is 1.29. The van der Waals surface area contributed by atoms with Crippen molar-refractivity contribution in [2.75, 3.05) is 0 Å². The zero-order chi connectivity index (χ0) is 11.1. The third kappa shape index (κ3) is 4.38. The van der Waals surface area contributed by atoms with Crippen LogP contribution in [0.15, 0.2) is 33.8 Å². The molecule has 0 bridgehead atoms. The Morgan fingerprint density at radius 3 is 3.13 bits per heavy atom. The maximum Gasteiger partial charge on any atom is 0.254 e. The lowest BCUT2D eigenvalue weighted by Gasteiger charge is -1.95. The molecular weight excluding hydrogens is 258 g/mol. The standard InChI is InChI=1S/C10H8BrN3O/c11-9-3-1-2-8(6-9)7-13-14-10(15)4-5-12/h1-3,6-7H,4H2,(H,14,15). The van der Waals surface area contributed by atoms with Gasteiger partial charge in [-0.25, -0.2) is 5.43 Å². The Morgan fingerprint density at radius 2 is 2.47 bits per heavy atom. The van der Waals surface area contributed by atoms with Gasteiger partial charge in [-0.3, -0.25) is 4.79 Å². The van der Waals surface area contributed by atoms with Crippen LogP contribution in [0, 0.1) is 11.3 Å². The molecule has 1 N–H and O–H groups in total. The lowest BCUT2D eigenvalue weighted by molar-refractivity contribution is -0.120. The van der Waals surface area contributed by atoms with Gasteiger partial charge < -0.3 is 0 Å². The predicted octanol–water partition coefficient (Wildman–Crippen LogP) is 1.81. The molecule has 0 aliphatic rings. The molecule has 1 aromatic carbocycles. The molecule has 4 nitrogen and oxygen atoms in total. The minimum absolute atomic E-state index is 0.185. The van der Waals surface area contributed by atoms with Crippen LogP contribution < -0.4 is 5.43 Å². The van der Waals surface area contributed by atoms with Crippen LogP contribution in [0.5, 0.6) is 0 Å². The third-order valence-electron chi connectivity index (χ3n) is 1.49. The number of hydrogen-bond acceptors (Lipinski definition) is 3. The van der Waals surface area contributed by atoms with Crippen molar-refractivity contribution in [2.45, 2.75) is 6.42 Å². The summed E-state index contributed by atoms with van der Waals surface area (Å²) in [5, 5.41) is 11.9. The fourth-order valence-electron chi connectivity index (χ4n) is 0.877. The molecule has 5 heteroatoms. The molecule has 15 heavy (non-hydrogen) atoms. The first-order chi connectivity index (χ1) is 7.22. The summed E-state index contributed by atoms with van der Waals surface area (Å²) < 4.78 is 0.940. The third-order valence-corrected chi connectivity index (χ3v) is 1.98. The number of nitrogens with zero attached hydrogens (tertiary/aromatic N) is 2. The van der Waals surface area contributed by atoms with Gasteiger partial charge in [0.2, 0.25) is 0 Å². The summed E-state index contributed by atoms with van der Waals surface area (Å²) in [6.07, 6.45) is 1.33. The van der Waals surface area contributed by atoms with E-state index >= 15 is 0 Å². The zero-order valence-electron chi connectivity index (χ0n) is 7.77. The molecule has 0 fully saturated rings. The van der Waals surface area contributed by atoms with E-state index in [4.69, 9.17) is 5.26 Å². The van der Waals surface area contributed by atoms with Crippen molar-refractivity contribution >= 4 is 28.1 Å². The van der Waals surface area contributed by atoms with Gasteiger partial charge in [0.25, 0.3) is 5.91 Å². The van der Waals surface area contributed by atoms with Crippen LogP contribution in [0.25, 0.3) is 0 Å². The van der Waals surface area contributed by atoms with Crippen molar-refractivity contribution in [3.05, 3.63) is 34.3 Å². The minimum Gasteiger partial charge on any atom is -0.272 e. The van der Waals surface area contributed by atoms with Gasteiger partial charge in [0.15, 0.2) is 0 Å². The number of amides is 1. The molecule has 76 valence electrons. The highest BCUT2D eigenvalue weighted by Gasteiger charge is 1.95. The van der Waals surface area contributed by atoms with Crippen molar-refractivity contribution in [3.63, 3.8) is 0 Å². The molecule has 0 aromatic heterocycles. The summed E-state index contributed by atoms with van der Waals surface area (Å²) in [4.78, 5) is 10.8. The Bertz CT molecular complexity index is 423. The molecule has 0 radical (unpaired) electrons. The van der Waals surface area contributed by atoms with Gasteiger partial charge in [-0.2, -0.15) is 10.4 Å². The SMILES string of the molecule is N#CCC(=O)NN=Cc1cccc(Br)c1. The summed E-state index contributed by atoms with van der Waals surface area (Å²) in [6, 6.07) is 9.20. The molecule has 1 rings (SSSR count). The lowest BCUT2D eigenvalue weighted by atomic mass is 10.2. The van der Waals surface area contributed by atoms with E-state index in [0.717, 1.165) is 10.0 Å². The van der Waals surface area contributed by atoms with Crippen LogP contribution in [0.3, 0.4) is 0 Å². The van der Waals surface area contributed by atoms with Gasteiger partial charge in [-0.05, 0) is 17.7 Å². The Balaban J connectivity index is 2.52. The van der Waals surface area contributed by atoms with E-state index in [1.54, 1.807) is 6.07 Å². The summed E-state index contributed by atoms with van der Waals surface area (Å²) >= 11 is 3.32. The molecule has 0 spiro atoms. The average Bonchev–Trinajstić information content (AvgIpc) is 2.18. The average molecular weight is 266 g/mol. The first-order valence-corrected chi connectivity index (χ1v) is 4.96. The van der Waals surface area contributed by atoms with E-state index < -0.39 is 5.91 Å². The fraction of sp³-hybridized carbons (Fsp3) is 0.100. The van der Waals surface area contributed by atoms with E-state index in [0.29, 0.717) is 0 Å². The second-order valence-electron chi connectivity index (χ2n) is 2.68. The van der Waals surface area contributed by atoms with E-state index in [1.165, 1.54) is 6.21 Å². The lowest BCUT2D eigenvalue weighted by Crippen LogP contribution is -2.16. The van der Waals surface area contributed by atoms with Gasteiger partial charge in [-0.1, -0.05) is 28.1 Å². The normalized spacial score (nSPS) is 9.87. The first-order valence-electron chi connectivity index (χ1n) is 4.17. The summed E-state index contributed by atoms with van der Waals surface area (Å²) in [5.41, 5.74) is 3.11. The predicted molar refractivity (Wildman–Crippen MR) is 60.1 cm³/mol. The van der Waals surface area contributed by atoms with Crippen molar-refractivity contribution in [1.82, 2.24) is 5.43 Å². The molecule has 0 unspecified atom stereocenters. The molecule has 0 atom stereocenters. The number of benzene rings is 1. The maximum absolute atomic E-state index is 10.8. The van der Waals surface area contributed by atoms with Gasteiger partial charge in [0.05, 0.1) is 12.3 Å². The smallest absolute Gasteiger partial charge is 0.254 e. The Hall–Kier alpha value is -1.67. The largest absolute Gasteiger partial charge is 0.272 e. The number of nitrogens with one attached hydrogen (secondary N) is 1. The number of rotatable bonds is 3. The molecular formula is C10H8BrN3O. The maximum atomic E-state index is 10.8. The van der Waals surface area contributed by atoms with Gasteiger partial charge >= 0.3 is 0 Å². The molecule has 0 aliphatic carbocycles. The van der Waals surface area contributed by atoms with Gasteiger partial charge in [0.1, 0.15) is 6.42 Å². The van der Waals surface area contributed by atoms with Crippen LogP contribution in [0.1, 0.15) is 12.0 Å². The first kappa shape index (κ1) is 11.4. The van der Waals surface area contributed by atoms with Crippen molar-refractivity contribution < 1.29 is 4.79 Å². The number of hydrogen-bond donors (Lipinski definition) is 1. The van der Waals surface area contributed by atoms with Gasteiger partial charge in [-0.15, -0.1) is 0 Å². The number of carbonyl (C=O) groups excluding carboxylic acids is 1. The molecule has 1 aromatic rings. The van der Waals surface area contributed by atoms with Crippen molar-refractivity contribution in [2.24, 2.45) is 5.10 Å². The number of carbonyl (C=O) groups is 1. The number of nitriles is 1. The number of hydrazone groups is 1. The molecule has 0 aliphatic heterocycles. The summed E-state index contributed by atoms with van der Waals surface area (Å²) in [6.45, 7) is 0. The second kappa shape index (κ2) is 5.94. The Morgan fingerprint density at radius 1 is 1.67 bits per heavy atom. The van der Waals surface area contributed by atoms with E-state index in [1.807, 2.05) is 24.3 Å². The highest BCUT2D eigenvalue weighted by Crippen LogP contribution is 2.09. The van der Waals surface area contributed by atoms with Crippen LogP contribution in [-0.4, -0.2) is 12.1 Å². The van der Waals surface area contributed by atoms with E-state index in [9.17, 15) is 4.79 Å². The Labute approximate surface area is 95.7 Å². The van der Waals surface area contributed by atoms with E-state index in [2.05, 4.69) is 26.5 Å². The molecule has 0 heterocycles. The zero-order valence-corrected chi connectivity index (χ0v) is 9.36. The molecule has 0 saturated carbocycles. The van der Waals surface area contributed by atoms with Gasteiger partial charge in [0, 0.05) is 4.47 Å². The second-order valence-corrected chi connectivity index (χ2v) is 3.60. The topological polar surface area (TPSA) is 65.2 Å². The summed E-state index contributed by atoms with van der Waals surface area (Å²) in [5.74, 6) is -0.413.